The van der Waals surface area contributed by atoms with Crippen molar-refractivity contribution < 1.29 is 57.8 Å². The van der Waals surface area contributed by atoms with Gasteiger partial charge in [-0.3, -0.25) is 9.05 Å². The third kappa shape index (κ3) is 7.65. The van der Waals surface area contributed by atoms with E-state index in [1.807, 2.05) is 0 Å². The fourth-order valence-corrected chi connectivity index (χ4v) is 2.75. The van der Waals surface area contributed by atoms with Crippen molar-refractivity contribution in [3.05, 3.63) is 0 Å². The number of rotatable bonds is 8. The zero-order valence-electron chi connectivity index (χ0n) is 11.8. The van der Waals surface area contributed by atoms with E-state index in [0.717, 1.165) is 0 Å². The molecule has 0 radical (unpaired) electrons. The van der Waals surface area contributed by atoms with Gasteiger partial charge in [-0.2, -0.15) is 0 Å². The smallest absolute Gasteiger partial charge is 0.388 e. The van der Waals surface area contributed by atoms with Crippen LogP contribution in [0.15, 0.2) is 0 Å². The fourth-order valence-electron chi connectivity index (χ4n) is 2.04. The van der Waals surface area contributed by atoms with E-state index < -0.39 is 52.8 Å². The summed E-state index contributed by atoms with van der Waals surface area (Å²) < 4.78 is 34.8. The summed E-state index contributed by atoms with van der Waals surface area (Å²) in [6.07, 6.45) is -7.03. The predicted molar refractivity (Wildman–Crippen MR) is 71.9 cm³/mol. The average Bonchev–Trinajstić information content (AvgIpc) is 2.40. The Morgan fingerprint density at radius 3 is 1.87 bits per heavy atom. The lowest BCUT2D eigenvalue weighted by Crippen LogP contribution is -2.58. The summed E-state index contributed by atoms with van der Waals surface area (Å²) in [6.45, 7) is -1.05. The molecule has 1 aliphatic heterocycles. The average molecular weight is 382 g/mol. The minimum atomic E-state index is -4.80. The minimum Gasteiger partial charge on any atom is -0.388 e. The Morgan fingerprint density at radius 2 is 1.35 bits per heavy atom. The van der Waals surface area contributed by atoms with Gasteiger partial charge in [-0.15, -0.1) is 0 Å². The van der Waals surface area contributed by atoms with Crippen molar-refractivity contribution in [3.8, 4) is 0 Å². The van der Waals surface area contributed by atoms with Gasteiger partial charge in [0.2, 0.25) is 0 Å². The second kappa shape index (κ2) is 8.43. The summed E-state index contributed by atoms with van der Waals surface area (Å²) in [5, 5.41) is 29.2. The molecule has 0 bridgehead atoms. The molecule has 5 unspecified atom stereocenters. The molecule has 1 heterocycles. The molecule has 0 amide bonds. The maximum Gasteiger partial charge on any atom is 0.469 e. The molecule has 5 atom stereocenters. The van der Waals surface area contributed by atoms with Crippen LogP contribution in [-0.4, -0.2) is 78.6 Å². The van der Waals surface area contributed by atoms with Crippen molar-refractivity contribution in [1.29, 1.82) is 0 Å². The van der Waals surface area contributed by atoms with Crippen molar-refractivity contribution in [2.24, 2.45) is 0 Å². The molecule has 23 heavy (non-hydrogen) atoms. The Kier molecular flexibility index (Phi) is 7.74. The lowest BCUT2D eigenvalue weighted by atomic mass is 9.93. The normalized spacial score (nSPS) is 32.9. The molecule has 1 aliphatic rings. The van der Waals surface area contributed by atoms with E-state index >= 15 is 0 Å². The van der Waals surface area contributed by atoms with E-state index in [4.69, 9.17) is 24.3 Å². The summed E-state index contributed by atoms with van der Waals surface area (Å²) in [4.78, 5) is 34.3. The van der Waals surface area contributed by atoms with Crippen molar-refractivity contribution >= 4 is 15.6 Å². The van der Waals surface area contributed by atoms with Crippen LogP contribution < -0.4 is 0 Å². The molecule has 0 aromatic rings. The van der Waals surface area contributed by atoms with E-state index in [1.165, 1.54) is 0 Å². The molecular weight excluding hydrogens is 362 g/mol. The number of aliphatic hydroxyl groups is 3. The van der Waals surface area contributed by atoms with Crippen molar-refractivity contribution in [3.63, 3.8) is 0 Å². The Bertz CT molecular complexity index is 459. The van der Waals surface area contributed by atoms with E-state index in [-0.39, 0.29) is 19.4 Å². The molecular formula is C9H20O12P2. The minimum absolute atomic E-state index is 0.0113. The van der Waals surface area contributed by atoms with Crippen LogP contribution in [0.4, 0.5) is 0 Å². The highest BCUT2D eigenvalue weighted by molar-refractivity contribution is 7.46. The van der Waals surface area contributed by atoms with Gasteiger partial charge >= 0.3 is 15.6 Å². The lowest BCUT2D eigenvalue weighted by Gasteiger charge is -2.40. The molecule has 7 N–H and O–H groups in total. The molecule has 12 nitrogen and oxygen atoms in total. The third-order valence-electron chi connectivity index (χ3n) is 3.11. The van der Waals surface area contributed by atoms with Crippen LogP contribution in [0.25, 0.3) is 0 Å². The maximum absolute atomic E-state index is 10.6. The monoisotopic (exact) mass is 382 g/mol. The highest BCUT2D eigenvalue weighted by atomic mass is 31.2. The van der Waals surface area contributed by atoms with Gasteiger partial charge < -0.3 is 39.6 Å². The van der Waals surface area contributed by atoms with Gasteiger partial charge in [-0.1, -0.05) is 0 Å². The molecule has 0 aromatic carbocycles. The van der Waals surface area contributed by atoms with Gasteiger partial charge in [0.05, 0.1) is 19.3 Å². The highest BCUT2D eigenvalue weighted by Crippen LogP contribution is 2.38. The van der Waals surface area contributed by atoms with Gasteiger partial charge in [0.1, 0.15) is 24.4 Å². The van der Waals surface area contributed by atoms with Gasteiger partial charge in [0.15, 0.2) is 0 Å². The van der Waals surface area contributed by atoms with E-state index in [2.05, 4.69) is 9.05 Å². The van der Waals surface area contributed by atoms with Gasteiger partial charge in [-0.25, -0.2) is 9.13 Å². The summed E-state index contributed by atoms with van der Waals surface area (Å²) in [7, 11) is -9.41. The summed E-state index contributed by atoms with van der Waals surface area (Å²) >= 11 is 0. The number of aliphatic hydroxyl groups excluding tert-OH is 3. The fraction of sp³-hybridized carbons (Fsp3) is 1.00. The first-order valence-corrected chi connectivity index (χ1v) is 9.56. The molecule has 1 fully saturated rings. The summed E-state index contributed by atoms with van der Waals surface area (Å²) in [5.41, 5.74) is 0. The quantitative estimate of drug-likeness (QED) is 0.177. The molecule has 138 valence electrons. The molecule has 0 spiro atoms. The first-order chi connectivity index (χ1) is 10.4. The molecule has 1 rings (SSSR count). The van der Waals surface area contributed by atoms with Gasteiger partial charge in [-0.05, 0) is 12.8 Å². The zero-order valence-corrected chi connectivity index (χ0v) is 13.6. The van der Waals surface area contributed by atoms with Crippen molar-refractivity contribution in [2.45, 2.75) is 43.4 Å². The summed E-state index contributed by atoms with van der Waals surface area (Å²) in [5.74, 6) is 0. The van der Waals surface area contributed by atoms with Gasteiger partial charge in [0.25, 0.3) is 0 Å². The zero-order chi connectivity index (χ0) is 17.8. The van der Waals surface area contributed by atoms with Crippen molar-refractivity contribution in [1.82, 2.24) is 0 Å². The van der Waals surface area contributed by atoms with Crippen LogP contribution >= 0.6 is 15.6 Å². The molecule has 0 aromatic heterocycles. The van der Waals surface area contributed by atoms with Crippen LogP contribution in [-0.2, 0) is 22.9 Å². The Labute approximate surface area is 131 Å². The first-order valence-electron chi connectivity index (χ1n) is 6.50. The van der Waals surface area contributed by atoms with E-state index in [1.54, 1.807) is 0 Å². The van der Waals surface area contributed by atoms with Gasteiger partial charge in [0, 0.05) is 0 Å². The molecule has 0 aliphatic carbocycles. The van der Waals surface area contributed by atoms with E-state index in [9.17, 15) is 24.4 Å². The SMILES string of the molecule is O=P(O)(O)OCCCC1OC(COP(=O)(O)O)C(O)C(O)C1O. The molecule has 1 saturated heterocycles. The first kappa shape index (κ1) is 21.1. The number of hydrogen-bond donors (Lipinski definition) is 7. The van der Waals surface area contributed by atoms with Crippen LogP contribution in [0, 0.1) is 0 Å². The predicted octanol–water partition coefficient (Wildman–Crippen LogP) is -2.16. The molecule has 0 saturated carbocycles. The van der Waals surface area contributed by atoms with E-state index in [0.29, 0.717) is 0 Å². The topological polar surface area (TPSA) is 203 Å². The second-order valence-corrected chi connectivity index (χ2v) is 7.42. The van der Waals surface area contributed by atoms with Crippen molar-refractivity contribution in [2.75, 3.05) is 13.2 Å². The Balaban J connectivity index is 2.54. The van der Waals surface area contributed by atoms with Crippen LogP contribution in [0.1, 0.15) is 12.8 Å². The number of phosphoric acid groups is 2. The molecule has 14 heteroatoms. The standard InChI is InChI=1S/C9H20O12P2/c10-7-5(2-1-3-19-22(13,14)15)21-6(8(11)9(7)12)4-20-23(16,17)18/h5-12H,1-4H2,(H2,13,14,15)(H2,16,17,18). The largest absolute Gasteiger partial charge is 0.469 e. The highest BCUT2D eigenvalue weighted by Gasteiger charge is 2.44. The van der Waals surface area contributed by atoms with Crippen LogP contribution in [0.3, 0.4) is 0 Å². The third-order valence-corrected chi connectivity index (χ3v) is 4.12. The van der Waals surface area contributed by atoms with Crippen LogP contribution in [0.2, 0.25) is 0 Å². The number of phosphoric ester groups is 2. The number of ether oxygens (including phenoxy) is 1. The second-order valence-electron chi connectivity index (χ2n) is 4.94. The maximum atomic E-state index is 10.6. The number of hydrogen-bond acceptors (Lipinski definition) is 8. The Morgan fingerprint density at radius 1 is 0.826 bits per heavy atom. The van der Waals surface area contributed by atoms with Crippen LogP contribution in [0.5, 0.6) is 0 Å². The lowest BCUT2D eigenvalue weighted by molar-refractivity contribution is -0.229. The Hall–Kier alpha value is 0.0600. The summed E-state index contributed by atoms with van der Waals surface area (Å²) in [6, 6.07) is 0.